The molecule has 0 aromatic heterocycles. The number of aliphatic hydroxyl groups is 1. The number of aromatic hydroxyl groups is 1. The monoisotopic (exact) mass is 222 g/mol. The zero-order valence-corrected chi connectivity index (χ0v) is 9.32. The highest BCUT2D eigenvalue weighted by atomic mass is 16.3. The van der Waals surface area contributed by atoms with E-state index in [2.05, 4.69) is 10.2 Å². The Hall–Kier alpha value is -1.10. The van der Waals surface area contributed by atoms with Crippen LogP contribution in [0.5, 0.6) is 5.75 Å². The minimum Gasteiger partial charge on any atom is -0.507 e. The van der Waals surface area contributed by atoms with E-state index < -0.39 is 0 Å². The average Bonchev–Trinajstić information content (AvgIpc) is 2.33. The summed E-state index contributed by atoms with van der Waals surface area (Å²) in [4.78, 5) is 2.30. The number of rotatable bonds is 3. The molecule has 1 aromatic rings. The van der Waals surface area contributed by atoms with Crippen molar-refractivity contribution in [3.05, 3.63) is 29.3 Å². The maximum absolute atomic E-state index is 9.92. The van der Waals surface area contributed by atoms with E-state index in [0.717, 1.165) is 38.3 Å². The first-order valence-corrected chi connectivity index (χ1v) is 5.65. The van der Waals surface area contributed by atoms with Crippen LogP contribution in [0.15, 0.2) is 18.2 Å². The van der Waals surface area contributed by atoms with Crippen molar-refractivity contribution in [1.29, 1.82) is 0 Å². The Morgan fingerprint density at radius 1 is 1.19 bits per heavy atom. The molecule has 1 fully saturated rings. The molecule has 4 heteroatoms. The summed E-state index contributed by atoms with van der Waals surface area (Å²) in [5, 5.41) is 22.3. The Balaban J connectivity index is 2.08. The average molecular weight is 222 g/mol. The second kappa shape index (κ2) is 5.30. The first kappa shape index (κ1) is 11.4. The molecule has 1 aliphatic rings. The lowest BCUT2D eigenvalue weighted by molar-refractivity contribution is 0.229. The summed E-state index contributed by atoms with van der Waals surface area (Å²) in [5.41, 5.74) is 1.50. The lowest BCUT2D eigenvalue weighted by Crippen LogP contribution is -2.42. The van der Waals surface area contributed by atoms with Gasteiger partial charge in [-0.25, -0.2) is 0 Å². The standard InChI is InChI=1S/C12H18N2O2/c15-9-11-3-1-2-10(12(11)16)8-14-6-4-13-5-7-14/h1-3,13,15-16H,4-9H2. The van der Waals surface area contributed by atoms with Gasteiger partial charge in [-0.2, -0.15) is 0 Å². The maximum atomic E-state index is 9.92. The highest BCUT2D eigenvalue weighted by Gasteiger charge is 2.13. The Labute approximate surface area is 95.5 Å². The number of nitrogens with zero attached hydrogens (tertiary/aromatic N) is 1. The van der Waals surface area contributed by atoms with Crippen molar-refractivity contribution >= 4 is 0 Å². The van der Waals surface area contributed by atoms with Gasteiger partial charge >= 0.3 is 0 Å². The van der Waals surface area contributed by atoms with Crippen LogP contribution in [0.2, 0.25) is 0 Å². The van der Waals surface area contributed by atoms with Gasteiger partial charge in [-0.05, 0) is 0 Å². The van der Waals surface area contributed by atoms with Gasteiger partial charge in [-0.3, -0.25) is 4.90 Å². The van der Waals surface area contributed by atoms with E-state index in [1.165, 1.54) is 0 Å². The van der Waals surface area contributed by atoms with E-state index in [1.54, 1.807) is 6.07 Å². The molecular formula is C12H18N2O2. The van der Waals surface area contributed by atoms with Crippen molar-refractivity contribution < 1.29 is 10.2 Å². The number of benzene rings is 1. The molecule has 0 spiro atoms. The largest absolute Gasteiger partial charge is 0.507 e. The molecule has 3 N–H and O–H groups in total. The molecule has 0 aliphatic carbocycles. The Morgan fingerprint density at radius 3 is 2.56 bits per heavy atom. The van der Waals surface area contributed by atoms with Crippen molar-refractivity contribution in [3.63, 3.8) is 0 Å². The second-order valence-corrected chi connectivity index (χ2v) is 4.11. The fraction of sp³-hybridized carbons (Fsp3) is 0.500. The predicted molar refractivity (Wildman–Crippen MR) is 62.2 cm³/mol. The molecule has 0 radical (unpaired) electrons. The van der Waals surface area contributed by atoms with Crippen LogP contribution in [0.4, 0.5) is 0 Å². The van der Waals surface area contributed by atoms with Crippen LogP contribution in [0.25, 0.3) is 0 Å². The molecule has 0 saturated carbocycles. The van der Waals surface area contributed by atoms with Crippen LogP contribution in [-0.4, -0.2) is 41.3 Å². The van der Waals surface area contributed by atoms with E-state index in [1.807, 2.05) is 12.1 Å². The van der Waals surface area contributed by atoms with Crippen LogP contribution in [0, 0.1) is 0 Å². The zero-order chi connectivity index (χ0) is 11.4. The number of hydrogen-bond acceptors (Lipinski definition) is 4. The number of hydrogen-bond donors (Lipinski definition) is 3. The van der Waals surface area contributed by atoms with Gasteiger partial charge in [0.2, 0.25) is 0 Å². The first-order chi connectivity index (χ1) is 7.81. The third-order valence-corrected chi connectivity index (χ3v) is 2.98. The number of para-hydroxylation sites is 1. The van der Waals surface area contributed by atoms with Gasteiger partial charge in [0.25, 0.3) is 0 Å². The molecule has 0 atom stereocenters. The summed E-state index contributed by atoms with van der Waals surface area (Å²) < 4.78 is 0. The van der Waals surface area contributed by atoms with Crippen LogP contribution < -0.4 is 5.32 Å². The Morgan fingerprint density at radius 2 is 1.88 bits per heavy atom. The molecule has 0 amide bonds. The molecule has 1 heterocycles. The van der Waals surface area contributed by atoms with Gasteiger partial charge in [0, 0.05) is 43.9 Å². The van der Waals surface area contributed by atoms with Crippen molar-refractivity contribution in [3.8, 4) is 5.75 Å². The summed E-state index contributed by atoms with van der Waals surface area (Å²) in [6, 6.07) is 5.54. The zero-order valence-electron chi connectivity index (χ0n) is 9.32. The summed E-state index contributed by atoms with van der Waals surface area (Å²) in [6.07, 6.45) is 0. The third kappa shape index (κ3) is 2.52. The molecule has 4 nitrogen and oxygen atoms in total. The van der Waals surface area contributed by atoms with Gasteiger partial charge < -0.3 is 15.5 Å². The first-order valence-electron chi connectivity index (χ1n) is 5.65. The van der Waals surface area contributed by atoms with E-state index in [9.17, 15) is 5.11 Å². The molecular weight excluding hydrogens is 204 g/mol. The summed E-state index contributed by atoms with van der Waals surface area (Å²) in [7, 11) is 0. The van der Waals surface area contributed by atoms with Gasteiger partial charge in [-0.15, -0.1) is 0 Å². The van der Waals surface area contributed by atoms with Gasteiger partial charge in [-0.1, -0.05) is 18.2 Å². The van der Waals surface area contributed by atoms with E-state index >= 15 is 0 Å². The number of piperazine rings is 1. The summed E-state index contributed by atoms with van der Waals surface area (Å²) in [6.45, 7) is 4.65. The van der Waals surface area contributed by atoms with Gasteiger partial charge in [0.05, 0.1) is 6.61 Å². The van der Waals surface area contributed by atoms with E-state index in [0.29, 0.717) is 5.56 Å². The molecule has 16 heavy (non-hydrogen) atoms. The molecule has 1 aliphatic heterocycles. The second-order valence-electron chi connectivity index (χ2n) is 4.11. The van der Waals surface area contributed by atoms with Crippen LogP contribution in [0.1, 0.15) is 11.1 Å². The molecule has 0 bridgehead atoms. The quantitative estimate of drug-likeness (QED) is 0.688. The highest BCUT2D eigenvalue weighted by molar-refractivity contribution is 5.39. The number of nitrogens with one attached hydrogen (secondary N) is 1. The fourth-order valence-corrected chi connectivity index (χ4v) is 2.01. The highest BCUT2D eigenvalue weighted by Crippen LogP contribution is 2.23. The van der Waals surface area contributed by atoms with Crippen molar-refractivity contribution in [2.45, 2.75) is 13.2 Å². The van der Waals surface area contributed by atoms with E-state index in [4.69, 9.17) is 5.11 Å². The fourth-order valence-electron chi connectivity index (χ4n) is 2.01. The van der Waals surface area contributed by atoms with Gasteiger partial charge in [0.15, 0.2) is 0 Å². The van der Waals surface area contributed by atoms with Crippen LogP contribution in [-0.2, 0) is 13.2 Å². The van der Waals surface area contributed by atoms with Crippen molar-refractivity contribution in [2.24, 2.45) is 0 Å². The normalized spacial score (nSPS) is 17.6. The third-order valence-electron chi connectivity index (χ3n) is 2.98. The lowest BCUT2D eigenvalue weighted by atomic mass is 10.1. The summed E-state index contributed by atoms with van der Waals surface area (Å²) >= 11 is 0. The number of aliphatic hydroxyl groups excluding tert-OH is 1. The Bertz CT molecular complexity index is 349. The topological polar surface area (TPSA) is 55.7 Å². The minimum absolute atomic E-state index is 0.110. The lowest BCUT2D eigenvalue weighted by Gasteiger charge is -2.27. The SMILES string of the molecule is OCc1cccc(CN2CCNCC2)c1O. The molecule has 1 saturated heterocycles. The predicted octanol–water partition coefficient (Wildman–Crippen LogP) is 0.290. The molecule has 88 valence electrons. The van der Waals surface area contributed by atoms with Crippen LogP contribution >= 0.6 is 0 Å². The van der Waals surface area contributed by atoms with E-state index in [-0.39, 0.29) is 12.4 Å². The summed E-state index contributed by atoms with van der Waals surface area (Å²) in [5.74, 6) is 0.239. The Kier molecular flexibility index (Phi) is 3.77. The van der Waals surface area contributed by atoms with Gasteiger partial charge in [0.1, 0.15) is 5.75 Å². The van der Waals surface area contributed by atoms with Crippen molar-refractivity contribution in [2.75, 3.05) is 26.2 Å². The number of phenols is 1. The molecule has 2 rings (SSSR count). The van der Waals surface area contributed by atoms with Crippen LogP contribution in [0.3, 0.4) is 0 Å². The molecule has 1 aromatic carbocycles. The maximum Gasteiger partial charge on any atom is 0.125 e. The molecule has 0 unspecified atom stereocenters. The minimum atomic E-state index is -0.110. The van der Waals surface area contributed by atoms with Crippen molar-refractivity contribution in [1.82, 2.24) is 10.2 Å². The smallest absolute Gasteiger partial charge is 0.125 e.